The number of carbonyl (C=O) groups is 2. The fourth-order valence-electron chi connectivity index (χ4n) is 3.28. The topological polar surface area (TPSA) is 92.6 Å². The Morgan fingerprint density at radius 1 is 1.21 bits per heavy atom. The van der Waals surface area contributed by atoms with Crippen LogP contribution >= 0.6 is 0 Å². The maximum absolute atomic E-state index is 13.1. The van der Waals surface area contributed by atoms with Crippen LogP contribution in [0.3, 0.4) is 0 Å². The molecule has 0 aliphatic carbocycles. The van der Waals surface area contributed by atoms with Crippen LogP contribution in [0, 0.1) is 28.8 Å². The van der Waals surface area contributed by atoms with Crippen molar-refractivity contribution in [2.45, 2.75) is 19.8 Å². The van der Waals surface area contributed by atoms with Gasteiger partial charge in [-0.25, -0.2) is 4.39 Å². The third-order valence-electron chi connectivity index (χ3n) is 4.84. The maximum atomic E-state index is 13.1. The highest BCUT2D eigenvalue weighted by atomic mass is 19.1. The van der Waals surface area contributed by atoms with Crippen LogP contribution in [-0.2, 0) is 4.79 Å². The molecule has 7 nitrogen and oxygen atoms in total. The Morgan fingerprint density at radius 2 is 1.93 bits per heavy atom. The van der Waals surface area contributed by atoms with Crippen molar-refractivity contribution in [2.75, 3.05) is 18.4 Å². The summed E-state index contributed by atoms with van der Waals surface area (Å²) in [6.45, 7) is 2.40. The molecule has 8 heteroatoms. The zero-order chi connectivity index (χ0) is 20.3. The van der Waals surface area contributed by atoms with Gasteiger partial charge in [-0.1, -0.05) is 6.07 Å². The Bertz CT molecular complexity index is 914. The molecule has 2 aromatic rings. The van der Waals surface area contributed by atoms with Gasteiger partial charge in [-0.3, -0.25) is 19.7 Å². The first kappa shape index (κ1) is 19.5. The molecule has 0 bridgehead atoms. The molecule has 3 rings (SSSR count). The fourth-order valence-corrected chi connectivity index (χ4v) is 3.28. The van der Waals surface area contributed by atoms with Gasteiger partial charge in [0.1, 0.15) is 5.82 Å². The van der Waals surface area contributed by atoms with Crippen molar-refractivity contribution in [1.82, 2.24) is 4.90 Å². The van der Waals surface area contributed by atoms with E-state index >= 15 is 0 Å². The van der Waals surface area contributed by atoms with E-state index in [-0.39, 0.29) is 24.0 Å². The van der Waals surface area contributed by atoms with Gasteiger partial charge in [0.15, 0.2) is 0 Å². The molecule has 1 unspecified atom stereocenters. The number of amides is 2. The van der Waals surface area contributed by atoms with E-state index in [1.54, 1.807) is 24.0 Å². The molecule has 0 spiro atoms. The Hall–Kier alpha value is -3.29. The van der Waals surface area contributed by atoms with Crippen molar-refractivity contribution in [3.05, 3.63) is 69.5 Å². The number of nitrogens with zero attached hydrogens (tertiary/aromatic N) is 2. The van der Waals surface area contributed by atoms with E-state index in [1.165, 1.54) is 30.3 Å². The SMILES string of the molecule is Cc1ccc(NC(=O)C2CCCN(C(=O)c3ccc(F)cc3)C2)cc1[N+](=O)[O-]. The van der Waals surface area contributed by atoms with Crippen molar-refractivity contribution in [3.63, 3.8) is 0 Å². The van der Waals surface area contributed by atoms with Crippen LogP contribution in [0.25, 0.3) is 0 Å². The molecule has 2 aromatic carbocycles. The van der Waals surface area contributed by atoms with Gasteiger partial charge >= 0.3 is 0 Å². The number of likely N-dealkylation sites (tertiary alicyclic amines) is 1. The van der Waals surface area contributed by atoms with Crippen LogP contribution in [0.1, 0.15) is 28.8 Å². The van der Waals surface area contributed by atoms with E-state index in [0.29, 0.717) is 36.2 Å². The highest BCUT2D eigenvalue weighted by Crippen LogP contribution is 2.24. The van der Waals surface area contributed by atoms with Gasteiger partial charge in [-0.15, -0.1) is 0 Å². The van der Waals surface area contributed by atoms with Crippen LogP contribution in [0.4, 0.5) is 15.8 Å². The summed E-state index contributed by atoms with van der Waals surface area (Å²) in [7, 11) is 0. The van der Waals surface area contributed by atoms with Gasteiger partial charge in [0.05, 0.1) is 10.8 Å². The highest BCUT2D eigenvalue weighted by molar-refractivity contribution is 5.96. The summed E-state index contributed by atoms with van der Waals surface area (Å²) in [5.41, 5.74) is 1.17. The molecule has 1 aliphatic rings. The van der Waals surface area contributed by atoms with E-state index in [9.17, 15) is 24.1 Å². The molecule has 1 N–H and O–H groups in total. The molecule has 1 aliphatic heterocycles. The number of piperidine rings is 1. The minimum absolute atomic E-state index is 0.0606. The molecule has 0 radical (unpaired) electrons. The average Bonchev–Trinajstić information content (AvgIpc) is 2.69. The summed E-state index contributed by atoms with van der Waals surface area (Å²) in [4.78, 5) is 37.4. The predicted molar refractivity (Wildman–Crippen MR) is 101 cm³/mol. The molecule has 28 heavy (non-hydrogen) atoms. The predicted octanol–water partition coefficient (Wildman–Crippen LogP) is 3.53. The average molecular weight is 385 g/mol. The number of anilines is 1. The van der Waals surface area contributed by atoms with Gasteiger partial charge in [-0.2, -0.15) is 0 Å². The summed E-state index contributed by atoms with van der Waals surface area (Å²) in [5, 5.41) is 13.8. The van der Waals surface area contributed by atoms with E-state index in [0.717, 1.165) is 0 Å². The molecule has 2 amide bonds. The van der Waals surface area contributed by atoms with Crippen LogP contribution in [-0.4, -0.2) is 34.7 Å². The monoisotopic (exact) mass is 385 g/mol. The van der Waals surface area contributed by atoms with Gasteiger partial charge < -0.3 is 10.2 Å². The summed E-state index contributed by atoms with van der Waals surface area (Å²) in [5.74, 6) is -1.36. The highest BCUT2D eigenvalue weighted by Gasteiger charge is 2.29. The molecule has 0 aromatic heterocycles. The van der Waals surface area contributed by atoms with E-state index in [1.807, 2.05) is 0 Å². The van der Waals surface area contributed by atoms with Crippen molar-refractivity contribution in [1.29, 1.82) is 0 Å². The molecule has 1 heterocycles. The largest absolute Gasteiger partial charge is 0.338 e. The van der Waals surface area contributed by atoms with Crippen LogP contribution in [0.2, 0.25) is 0 Å². The van der Waals surface area contributed by atoms with Gasteiger partial charge in [0.25, 0.3) is 11.6 Å². The van der Waals surface area contributed by atoms with Crippen molar-refractivity contribution in [2.24, 2.45) is 5.92 Å². The Morgan fingerprint density at radius 3 is 2.61 bits per heavy atom. The molecular weight excluding hydrogens is 365 g/mol. The number of hydrogen-bond donors (Lipinski definition) is 1. The number of carbonyl (C=O) groups excluding carboxylic acids is 2. The van der Waals surface area contributed by atoms with Crippen molar-refractivity contribution >= 4 is 23.2 Å². The first-order valence-corrected chi connectivity index (χ1v) is 8.96. The quantitative estimate of drug-likeness (QED) is 0.644. The number of nitro groups is 1. The lowest BCUT2D eigenvalue weighted by atomic mass is 9.96. The van der Waals surface area contributed by atoms with Crippen LogP contribution in [0.15, 0.2) is 42.5 Å². The van der Waals surface area contributed by atoms with Crippen LogP contribution in [0.5, 0.6) is 0 Å². The number of hydrogen-bond acceptors (Lipinski definition) is 4. The molecular formula is C20H20FN3O4. The normalized spacial score (nSPS) is 16.5. The van der Waals surface area contributed by atoms with Gasteiger partial charge in [0, 0.05) is 36.0 Å². The second-order valence-corrected chi connectivity index (χ2v) is 6.84. The maximum Gasteiger partial charge on any atom is 0.274 e. The summed E-state index contributed by atoms with van der Waals surface area (Å²) >= 11 is 0. The lowest BCUT2D eigenvalue weighted by Gasteiger charge is -2.32. The standard InChI is InChI=1S/C20H20FN3O4/c1-13-4-9-17(11-18(13)24(27)28)22-19(25)15-3-2-10-23(12-15)20(26)14-5-7-16(21)8-6-14/h4-9,11,15H,2-3,10,12H2,1H3,(H,22,25). The second-order valence-electron chi connectivity index (χ2n) is 6.84. The lowest BCUT2D eigenvalue weighted by molar-refractivity contribution is -0.385. The zero-order valence-corrected chi connectivity index (χ0v) is 15.4. The Labute approximate surface area is 161 Å². The first-order valence-electron chi connectivity index (χ1n) is 8.96. The Balaban J connectivity index is 1.67. The third-order valence-corrected chi connectivity index (χ3v) is 4.84. The summed E-state index contributed by atoms with van der Waals surface area (Å²) < 4.78 is 13.1. The summed E-state index contributed by atoms with van der Waals surface area (Å²) in [6, 6.07) is 9.83. The zero-order valence-electron chi connectivity index (χ0n) is 15.4. The molecule has 146 valence electrons. The molecule has 0 saturated carbocycles. The summed E-state index contributed by atoms with van der Waals surface area (Å²) in [6.07, 6.45) is 1.28. The minimum Gasteiger partial charge on any atom is -0.338 e. The van der Waals surface area contributed by atoms with Crippen LogP contribution < -0.4 is 5.32 Å². The number of halogens is 1. The van der Waals surface area contributed by atoms with E-state index in [4.69, 9.17) is 0 Å². The number of aryl methyl sites for hydroxylation is 1. The number of benzene rings is 2. The van der Waals surface area contributed by atoms with Gasteiger partial charge in [-0.05, 0) is 50.1 Å². The van der Waals surface area contributed by atoms with Crippen molar-refractivity contribution < 1.29 is 18.9 Å². The molecule has 1 saturated heterocycles. The molecule has 1 atom stereocenters. The first-order chi connectivity index (χ1) is 13.3. The van der Waals surface area contributed by atoms with Crippen molar-refractivity contribution in [3.8, 4) is 0 Å². The number of nitrogens with one attached hydrogen (secondary N) is 1. The van der Waals surface area contributed by atoms with Gasteiger partial charge in [0.2, 0.25) is 5.91 Å². The second kappa shape index (κ2) is 8.16. The Kier molecular flexibility index (Phi) is 5.67. The number of rotatable bonds is 4. The van der Waals surface area contributed by atoms with E-state index in [2.05, 4.69) is 5.32 Å². The fraction of sp³-hybridized carbons (Fsp3) is 0.300. The molecule has 1 fully saturated rings. The minimum atomic E-state index is -0.491. The lowest BCUT2D eigenvalue weighted by Crippen LogP contribution is -2.43. The number of nitro benzene ring substituents is 1. The smallest absolute Gasteiger partial charge is 0.274 e. The van der Waals surface area contributed by atoms with E-state index < -0.39 is 16.7 Å². The third kappa shape index (κ3) is 4.33.